The zero-order chi connectivity index (χ0) is 20.4. The second-order valence-electron chi connectivity index (χ2n) is 8.04. The molecule has 0 N–H and O–H groups in total. The van der Waals surface area contributed by atoms with Crippen LogP contribution >= 0.6 is 0 Å². The maximum absolute atomic E-state index is 12.8. The zero-order valence-electron chi connectivity index (χ0n) is 16.8. The lowest BCUT2D eigenvalue weighted by Crippen LogP contribution is -2.44. The Morgan fingerprint density at radius 2 is 1.83 bits per heavy atom. The minimum atomic E-state index is -0.0867. The molecule has 0 radical (unpaired) electrons. The van der Waals surface area contributed by atoms with Gasteiger partial charge in [-0.15, -0.1) is 0 Å². The van der Waals surface area contributed by atoms with Gasteiger partial charge < -0.3 is 14.1 Å². The Labute approximate surface area is 169 Å². The van der Waals surface area contributed by atoms with Crippen LogP contribution in [0, 0.1) is 11.8 Å². The molecule has 1 amide bonds. The summed E-state index contributed by atoms with van der Waals surface area (Å²) in [5.41, 5.74) is 1.70. The highest BCUT2D eigenvalue weighted by atomic mass is 16.5. The third-order valence-electron chi connectivity index (χ3n) is 5.41. The summed E-state index contributed by atoms with van der Waals surface area (Å²) in [4.78, 5) is 27.2. The first-order valence-electron chi connectivity index (χ1n) is 10.0. The summed E-state index contributed by atoms with van der Waals surface area (Å²) in [7, 11) is 0. The number of carbonyl (C=O) groups is 1. The molecule has 0 saturated carbocycles. The van der Waals surface area contributed by atoms with E-state index >= 15 is 0 Å². The van der Waals surface area contributed by atoms with Crippen LogP contribution in [0.4, 0.5) is 0 Å². The van der Waals surface area contributed by atoms with E-state index in [2.05, 4.69) is 13.8 Å². The molecule has 2 aromatic carbocycles. The topological polar surface area (TPSA) is 59.8 Å². The normalized spacial score (nSPS) is 19.3. The number of rotatable bonds is 4. The van der Waals surface area contributed by atoms with Crippen LogP contribution in [0.25, 0.3) is 22.1 Å². The minimum Gasteiger partial charge on any atom is -0.484 e. The van der Waals surface area contributed by atoms with Gasteiger partial charge in [-0.2, -0.15) is 0 Å². The lowest BCUT2D eigenvalue weighted by Gasteiger charge is -2.34. The van der Waals surface area contributed by atoms with Crippen molar-refractivity contribution in [3.8, 4) is 16.9 Å². The highest BCUT2D eigenvalue weighted by Gasteiger charge is 2.25. The molecule has 2 atom stereocenters. The number of hydrogen-bond acceptors (Lipinski definition) is 4. The molecule has 0 bridgehead atoms. The van der Waals surface area contributed by atoms with Gasteiger partial charge in [-0.1, -0.05) is 44.2 Å². The molecule has 0 spiro atoms. The Morgan fingerprint density at radius 1 is 1.10 bits per heavy atom. The molecule has 29 heavy (non-hydrogen) atoms. The van der Waals surface area contributed by atoms with E-state index < -0.39 is 0 Å². The van der Waals surface area contributed by atoms with Crippen LogP contribution in [0.2, 0.25) is 0 Å². The van der Waals surface area contributed by atoms with Gasteiger partial charge in [0.2, 0.25) is 0 Å². The third kappa shape index (κ3) is 4.19. The fourth-order valence-electron chi connectivity index (χ4n) is 4.12. The van der Waals surface area contributed by atoms with Crippen LogP contribution in [-0.2, 0) is 4.79 Å². The molecule has 1 aliphatic heterocycles. The molecular weight excluding hydrogens is 366 g/mol. The SMILES string of the molecule is CC1CC(C)CN(C(=O)COc2ccc3c(=O)c(-c4ccccc4)coc3c2)C1. The average Bonchev–Trinajstić information content (AvgIpc) is 2.72. The molecule has 150 valence electrons. The standard InChI is InChI=1S/C24H25NO4/c1-16-10-17(2)13-25(12-16)23(26)15-28-19-8-9-20-22(11-19)29-14-21(24(20)27)18-6-4-3-5-7-18/h3-9,11,14,16-17H,10,12-13,15H2,1-2H3. The van der Waals surface area contributed by atoms with E-state index in [1.165, 1.54) is 6.26 Å². The van der Waals surface area contributed by atoms with E-state index in [1.807, 2.05) is 35.2 Å². The van der Waals surface area contributed by atoms with E-state index in [4.69, 9.17) is 9.15 Å². The van der Waals surface area contributed by atoms with Gasteiger partial charge in [-0.25, -0.2) is 0 Å². The molecular formula is C24H25NO4. The van der Waals surface area contributed by atoms with E-state index in [9.17, 15) is 9.59 Å². The number of likely N-dealkylation sites (tertiary alicyclic amines) is 1. The summed E-state index contributed by atoms with van der Waals surface area (Å²) in [6, 6.07) is 14.5. The zero-order valence-corrected chi connectivity index (χ0v) is 16.8. The van der Waals surface area contributed by atoms with Gasteiger partial charge >= 0.3 is 0 Å². The first-order chi connectivity index (χ1) is 14.0. The molecule has 4 rings (SSSR count). The van der Waals surface area contributed by atoms with Gasteiger partial charge in [-0.3, -0.25) is 9.59 Å². The molecule has 1 fully saturated rings. The first kappa shape index (κ1) is 19.2. The lowest BCUT2D eigenvalue weighted by molar-refractivity contribution is -0.136. The third-order valence-corrected chi connectivity index (χ3v) is 5.41. The van der Waals surface area contributed by atoms with Gasteiger partial charge in [0.1, 0.15) is 17.6 Å². The summed E-state index contributed by atoms with van der Waals surface area (Å²) in [5.74, 6) is 1.52. The van der Waals surface area contributed by atoms with Crippen molar-refractivity contribution in [2.24, 2.45) is 11.8 Å². The van der Waals surface area contributed by atoms with Crippen LogP contribution in [0.3, 0.4) is 0 Å². The van der Waals surface area contributed by atoms with Gasteiger partial charge in [0.25, 0.3) is 5.91 Å². The second-order valence-corrected chi connectivity index (χ2v) is 8.04. The van der Waals surface area contributed by atoms with Crippen LogP contribution < -0.4 is 10.2 Å². The number of fused-ring (bicyclic) bond motifs is 1. The van der Waals surface area contributed by atoms with E-state index in [0.29, 0.717) is 34.1 Å². The molecule has 2 unspecified atom stereocenters. The molecule has 1 aromatic heterocycles. The Kier molecular flexibility index (Phi) is 5.38. The Bertz CT molecular complexity index is 1060. The van der Waals surface area contributed by atoms with Crippen LogP contribution in [0.1, 0.15) is 20.3 Å². The van der Waals surface area contributed by atoms with Crippen molar-refractivity contribution in [1.82, 2.24) is 4.90 Å². The summed E-state index contributed by atoms with van der Waals surface area (Å²) in [6.45, 7) is 5.89. The number of hydrogen-bond donors (Lipinski definition) is 0. The molecule has 0 aliphatic carbocycles. The molecule has 1 saturated heterocycles. The predicted molar refractivity (Wildman–Crippen MR) is 113 cm³/mol. The predicted octanol–water partition coefficient (Wildman–Crippen LogP) is 4.34. The highest BCUT2D eigenvalue weighted by molar-refractivity contribution is 5.83. The monoisotopic (exact) mass is 391 g/mol. The van der Waals surface area contributed by atoms with Crippen molar-refractivity contribution in [3.05, 3.63) is 65.0 Å². The van der Waals surface area contributed by atoms with E-state index in [1.54, 1.807) is 18.2 Å². The second kappa shape index (κ2) is 8.11. The molecule has 3 aromatic rings. The van der Waals surface area contributed by atoms with Crippen molar-refractivity contribution in [3.63, 3.8) is 0 Å². The van der Waals surface area contributed by atoms with E-state index in [0.717, 1.165) is 25.1 Å². The summed E-state index contributed by atoms with van der Waals surface area (Å²) < 4.78 is 11.4. The van der Waals surface area contributed by atoms with Crippen molar-refractivity contribution >= 4 is 16.9 Å². The fraction of sp³-hybridized carbons (Fsp3) is 0.333. The van der Waals surface area contributed by atoms with Crippen LogP contribution in [-0.4, -0.2) is 30.5 Å². The highest BCUT2D eigenvalue weighted by Crippen LogP contribution is 2.24. The average molecular weight is 391 g/mol. The van der Waals surface area contributed by atoms with Gasteiger partial charge in [-0.05, 0) is 36.0 Å². The van der Waals surface area contributed by atoms with Crippen LogP contribution in [0.15, 0.2) is 64.0 Å². The molecule has 5 heteroatoms. The van der Waals surface area contributed by atoms with Gasteiger partial charge in [0, 0.05) is 19.2 Å². The number of benzene rings is 2. The van der Waals surface area contributed by atoms with Crippen molar-refractivity contribution in [1.29, 1.82) is 0 Å². The lowest BCUT2D eigenvalue weighted by atomic mass is 9.92. The summed E-state index contributed by atoms with van der Waals surface area (Å²) >= 11 is 0. The maximum Gasteiger partial charge on any atom is 0.260 e. The molecule has 1 aliphatic rings. The summed E-state index contributed by atoms with van der Waals surface area (Å²) in [6.07, 6.45) is 2.63. The number of piperidine rings is 1. The Morgan fingerprint density at radius 3 is 2.55 bits per heavy atom. The molecule has 5 nitrogen and oxygen atoms in total. The smallest absolute Gasteiger partial charge is 0.260 e. The van der Waals surface area contributed by atoms with E-state index in [-0.39, 0.29) is 17.9 Å². The number of carbonyl (C=O) groups excluding carboxylic acids is 1. The Balaban J connectivity index is 1.49. The minimum absolute atomic E-state index is 0.00984. The largest absolute Gasteiger partial charge is 0.484 e. The van der Waals surface area contributed by atoms with Gasteiger partial charge in [0.05, 0.1) is 10.9 Å². The van der Waals surface area contributed by atoms with Crippen molar-refractivity contribution in [2.75, 3.05) is 19.7 Å². The number of ether oxygens (including phenoxy) is 1. The van der Waals surface area contributed by atoms with Crippen LogP contribution in [0.5, 0.6) is 5.75 Å². The van der Waals surface area contributed by atoms with Crippen molar-refractivity contribution < 1.29 is 13.9 Å². The molecule has 2 heterocycles. The maximum atomic E-state index is 12.8. The number of nitrogens with zero attached hydrogens (tertiary/aromatic N) is 1. The summed E-state index contributed by atoms with van der Waals surface area (Å²) in [5, 5.41) is 0.490. The number of amides is 1. The fourth-order valence-corrected chi connectivity index (χ4v) is 4.12. The first-order valence-corrected chi connectivity index (χ1v) is 10.0. The van der Waals surface area contributed by atoms with Gasteiger partial charge in [0.15, 0.2) is 12.0 Å². The Hall–Kier alpha value is -3.08. The quantitative estimate of drug-likeness (QED) is 0.664. The van der Waals surface area contributed by atoms with Crippen molar-refractivity contribution in [2.45, 2.75) is 20.3 Å².